The Bertz CT molecular complexity index is 876. The van der Waals surface area contributed by atoms with Gasteiger partial charge in [0.25, 0.3) is 0 Å². The summed E-state index contributed by atoms with van der Waals surface area (Å²) in [7, 11) is 0. The highest BCUT2D eigenvalue weighted by atomic mass is 16.5. The second kappa shape index (κ2) is 8.41. The molecule has 0 radical (unpaired) electrons. The van der Waals surface area contributed by atoms with Crippen LogP contribution in [-0.4, -0.2) is 17.4 Å². The van der Waals surface area contributed by atoms with E-state index >= 15 is 0 Å². The summed E-state index contributed by atoms with van der Waals surface area (Å²) in [5.41, 5.74) is 12.2. The highest BCUT2D eigenvalue weighted by molar-refractivity contribution is 5.90. The fourth-order valence-electron chi connectivity index (χ4n) is 2.32. The van der Waals surface area contributed by atoms with Crippen molar-refractivity contribution in [1.29, 1.82) is 0 Å². The molecule has 1 amide bonds. The number of hydrogen-bond acceptors (Lipinski definition) is 7. The summed E-state index contributed by atoms with van der Waals surface area (Å²) >= 11 is 0. The summed E-state index contributed by atoms with van der Waals surface area (Å²) < 4.78 is 5.82. The Morgan fingerprint density at radius 3 is 2.67 bits per heavy atom. The topological polar surface area (TPSA) is 128 Å². The van der Waals surface area contributed by atoms with Crippen LogP contribution in [0.3, 0.4) is 0 Å². The number of amides is 1. The minimum atomic E-state index is -0.222. The van der Waals surface area contributed by atoms with E-state index in [2.05, 4.69) is 27.1 Å². The third-order valence-electron chi connectivity index (χ3n) is 3.95. The van der Waals surface area contributed by atoms with Crippen molar-refractivity contribution >= 4 is 28.9 Å². The first-order valence-electron chi connectivity index (χ1n) is 8.70. The molecule has 5 N–H and O–H groups in total. The van der Waals surface area contributed by atoms with Crippen LogP contribution in [0.15, 0.2) is 59.0 Å². The number of pyridine rings is 1. The SMILES string of the molecule is C=C(Oc1ccccc1N=Nc1ccc(NC(=O)CCN)nc1N)C1CC1. The third kappa shape index (κ3) is 5.11. The molecule has 0 saturated heterocycles. The maximum Gasteiger partial charge on any atom is 0.226 e. The number of carbonyl (C=O) groups excluding carboxylic acids is 1. The number of anilines is 2. The number of benzene rings is 1. The van der Waals surface area contributed by atoms with Gasteiger partial charge in [0.15, 0.2) is 11.6 Å². The summed E-state index contributed by atoms with van der Waals surface area (Å²) in [5, 5.41) is 11.0. The zero-order valence-electron chi connectivity index (χ0n) is 14.9. The molecule has 1 saturated carbocycles. The van der Waals surface area contributed by atoms with Crippen LogP contribution in [0.1, 0.15) is 19.3 Å². The molecule has 1 aliphatic rings. The van der Waals surface area contributed by atoms with Crippen molar-refractivity contribution in [3.05, 3.63) is 48.7 Å². The van der Waals surface area contributed by atoms with Gasteiger partial charge < -0.3 is 21.5 Å². The zero-order valence-corrected chi connectivity index (χ0v) is 14.9. The molecule has 0 spiro atoms. The van der Waals surface area contributed by atoms with Gasteiger partial charge in [-0.15, -0.1) is 10.2 Å². The summed E-state index contributed by atoms with van der Waals surface area (Å²) in [6.45, 7) is 4.23. The average Bonchev–Trinajstić information content (AvgIpc) is 3.47. The molecule has 8 heteroatoms. The lowest BCUT2D eigenvalue weighted by molar-refractivity contribution is -0.116. The van der Waals surface area contributed by atoms with Gasteiger partial charge in [0.1, 0.15) is 23.0 Å². The normalized spacial score (nSPS) is 13.5. The molecule has 0 atom stereocenters. The molecule has 27 heavy (non-hydrogen) atoms. The predicted molar refractivity (Wildman–Crippen MR) is 104 cm³/mol. The van der Waals surface area contributed by atoms with Crippen LogP contribution in [0.25, 0.3) is 0 Å². The van der Waals surface area contributed by atoms with Crippen molar-refractivity contribution in [3.63, 3.8) is 0 Å². The quantitative estimate of drug-likeness (QED) is 0.485. The molecule has 0 unspecified atom stereocenters. The van der Waals surface area contributed by atoms with E-state index in [1.807, 2.05) is 18.2 Å². The van der Waals surface area contributed by atoms with E-state index < -0.39 is 0 Å². The number of ether oxygens (including phenoxy) is 1. The Morgan fingerprint density at radius 2 is 1.96 bits per heavy atom. The van der Waals surface area contributed by atoms with Gasteiger partial charge in [-0.3, -0.25) is 4.79 Å². The van der Waals surface area contributed by atoms with Crippen LogP contribution in [0.5, 0.6) is 5.75 Å². The molecule has 1 aliphatic carbocycles. The van der Waals surface area contributed by atoms with Crippen LogP contribution >= 0.6 is 0 Å². The number of nitrogens with one attached hydrogen (secondary N) is 1. The summed E-state index contributed by atoms with van der Waals surface area (Å²) in [6, 6.07) is 10.6. The van der Waals surface area contributed by atoms with Gasteiger partial charge in [0, 0.05) is 18.9 Å². The number of hydrogen-bond donors (Lipinski definition) is 3. The van der Waals surface area contributed by atoms with Crippen LogP contribution in [0, 0.1) is 5.92 Å². The molecule has 1 heterocycles. The summed E-state index contributed by atoms with van der Waals surface area (Å²) in [4.78, 5) is 15.7. The van der Waals surface area contributed by atoms with Gasteiger partial charge in [-0.05, 0) is 37.1 Å². The highest BCUT2D eigenvalue weighted by Gasteiger charge is 2.26. The Kier molecular flexibility index (Phi) is 5.77. The number of para-hydroxylation sites is 1. The van der Waals surface area contributed by atoms with Crippen molar-refractivity contribution < 1.29 is 9.53 Å². The number of nitrogens with two attached hydrogens (primary N) is 2. The van der Waals surface area contributed by atoms with E-state index in [1.54, 1.807) is 18.2 Å². The minimum Gasteiger partial charge on any atom is -0.460 e. The molecule has 3 rings (SSSR count). The fraction of sp³-hybridized carbons (Fsp3) is 0.263. The van der Waals surface area contributed by atoms with Gasteiger partial charge in [-0.25, -0.2) is 4.98 Å². The number of carbonyl (C=O) groups is 1. The van der Waals surface area contributed by atoms with Gasteiger partial charge in [-0.1, -0.05) is 18.7 Å². The van der Waals surface area contributed by atoms with E-state index in [4.69, 9.17) is 16.2 Å². The van der Waals surface area contributed by atoms with E-state index in [9.17, 15) is 4.79 Å². The lowest BCUT2D eigenvalue weighted by Gasteiger charge is -2.09. The largest absolute Gasteiger partial charge is 0.460 e. The van der Waals surface area contributed by atoms with Crippen LogP contribution < -0.4 is 21.5 Å². The van der Waals surface area contributed by atoms with Crippen molar-refractivity contribution in [2.45, 2.75) is 19.3 Å². The molecular weight excluding hydrogens is 344 g/mol. The minimum absolute atomic E-state index is 0.157. The number of nitrogen functional groups attached to an aromatic ring is 1. The van der Waals surface area contributed by atoms with Crippen molar-refractivity contribution in [2.75, 3.05) is 17.6 Å². The standard InChI is InChI=1S/C19H22N6O2/c1-12(13-6-7-13)27-16-5-3-2-4-14(16)24-25-15-8-9-17(23-19(15)21)22-18(26)10-11-20/h2-5,8-9,13H,1,6-7,10-11,20H2,(H3,21,22,23,26). The van der Waals surface area contributed by atoms with E-state index in [1.165, 1.54) is 0 Å². The average molecular weight is 366 g/mol. The van der Waals surface area contributed by atoms with E-state index in [0.29, 0.717) is 28.9 Å². The van der Waals surface area contributed by atoms with E-state index in [0.717, 1.165) is 18.6 Å². The fourth-order valence-corrected chi connectivity index (χ4v) is 2.32. The smallest absolute Gasteiger partial charge is 0.226 e. The zero-order chi connectivity index (χ0) is 19.2. The monoisotopic (exact) mass is 366 g/mol. The lowest BCUT2D eigenvalue weighted by Crippen LogP contribution is -2.17. The molecule has 2 aromatic rings. The van der Waals surface area contributed by atoms with Gasteiger partial charge in [0.2, 0.25) is 5.91 Å². The van der Waals surface area contributed by atoms with Crippen LogP contribution in [0.4, 0.5) is 23.0 Å². The second-order valence-electron chi connectivity index (χ2n) is 6.20. The second-order valence-corrected chi connectivity index (χ2v) is 6.20. The molecule has 1 aromatic carbocycles. The number of azo groups is 1. The predicted octanol–water partition coefficient (Wildman–Crippen LogP) is 3.67. The van der Waals surface area contributed by atoms with Crippen molar-refractivity contribution in [3.8, 4) is 5.75 Å². The van der Waals surface area contributed by atoms with Gasteiger partial charge in [-0.2, -0.15) is 0 Å². The summed E-state index contributed by atoms with van der Waals surface area (Å²) in [5.74, 6) is 2.05. The van der Waals surface area contributed by atoms with Crippen LogP contribution in [-0.2, 0) is 4.79 Å². The maximum atomic E-state index is 11.6. The molecule has 140 valence electrons. The first kappa shape index (κ1) is 18.5. The third-order valence-corrected chi connectivity index (χ3v) is 3.95. The Morgan fingerprint density at radius 1 is 1.22 bits per heavy atom. The van der Waals surface area contributed by atoms with Gasteiger partial charge >= 0.3 is 0 Å². The number of aromatic nitrogens is 1. The first-order valence-corrected chi connectivity index (χ1v) is 8.70. The molecule has 0 aliphatic heterocycles. The molecule has 8 nitrogen and oxygen atoms in total. The molecule has 1 fully saturated rings. The van der Waals surface area contributed by atoms with Gasteiger partial charge in [0.05, 0.1) is 0 Å². The molecular formula is C19H22N6O2. The van der Waals surface area contributed by atoms with Crippen LogP contribution in [0.2, 0.25) is 0 Å². The van der Waals surface area contributed by atoms with Crippen molar-refractivity contribution in [2.24, 2.45) is 21.9 Å². The number of nitrogens with zero attached hydrogens (tertiary/aromatic N) is 3. The van der Waals surface area contributed by atoms with E-state index in [-0.39, 0.29) is 24.7 Å². The Hall–Kier alpha value is -3.26. The Labute approximate surface area is 157 Å². The van der Waals surface area contributed by atoms with Crippen molar-refractivity contribution in [1.82, 2.24) is 4.98 Å². The maximum absolute atomic E-state index is 11.6. The number of rotatable bonds is 8. The summed E-state index contributed by atoms with van der Waals surface area (Å²) in [6.07, 6.45) is 2.43. The molecule has 0 bridgehead atoms. The lowest BCUT2D eigenvalue weighted by atomic mass is 10.3. The first-order chi connectivity index (χ1) is 13.1. The Balaban J connectivity index is 1.72. The highest BCUT2D eigenvalue weighted by Crippen LogP contribution is 2.39. The molecule has 1 aromatic heterocycles. The number of allylic oxidation sites excluding steroid dienone is 1.